The highest BCUT2D eigenvalue weighted by Gasteiger charge is 2.35. The Labute approximate surface area is 203 Å². The number of fused-ring (bicyclic) bond motifs is 3. The number of carboxylic acid groups (broad SMARTS) is 1. The number of carboxylic acids is 1. The number of ether oxygens (including phenoxy) is 1. The highest BCUT2D eigenvalue weighted by Crippen LogP contribution is 2.44. The van der Waals surface area contributed by atoms with Crippen molar-refractivity contribution in [2.24, 2.45) is 5.92 Å². The Morgan fingerprint density at radius 3 is 2.20 bits per heavy atom. The third kappa shape index (κ3) is 4.89. The third-order valence-electron chi connectivity index (χ3n) is 6.73. The SMILES string of the molecule is O=C(Cc1cccc(NC(=O)OCC2c3ccccc3-c3ccccc32)c1)NC1CC(C(=O)O)C1. The van der Waals surface area contributed by atoms with Crippen molar-refractivity contribution in [3.05, 3.63) is 89.5 Å². The summed E-state index contributed by atoms with van der Waals surface area (Å²) in [5.41, 5.74) is 5.92. The van der Waals surface area contributed by atoms with E-state index in [4.69, 9.17) is 9.84 Å². The van der Waals surface area contributed by atoms with E-state index in [1.54, 1.807) is 18.2 Å². The molecule has 0 heterocycles. The predicted octanol–water partition coefficient (Wildman–Crippen LogP) is 4.57. The molecule has 0 unspecified atom stereocenters. The molecule has 1 saturated carbocycles. The second-order valence-electron chi connectivity index (χ2n) is 9.10. The van der Waals surface area contributed by atoms with Gasteiger partial charge in [0.05, 0.1) is 12.3 Å². The molecule has 2 aliphatic carbocycles. The van der Waals surface area contributed by atoms with Gasteiger partial charge < -0.3 is 15.2 Å². The summed E-state index contributed by atoms with van der Waals surface area (Å²) in [6.07, 6.45) is 0.520. The zero-order chi connectivity index (χ0) is 24.4. The van der Waals surface area contributed by atoms with Crippen LogP contribution in [0.2, 0.25) is 0 Å². The first kappa shape index (κ1) is 22.7. The first-order valence-electron chi connectivity index (χ1n) is 11.7. The maximum Gasteiger partial charge on any atom is 0.411 e. The van der Waals surface area contributed by atoms with Gasteiger partial charge in [-0.2, -0.15) is 0 Å². The lowest BCUT2D eigenvalue weighted by atomic mass is 9.80. The molecule has 178 valence electrons. The van der Waals surface area contributed by atoms with E-state index in [1.165, 1.54) is 11.1 Å². The summed E-state index contributed by atoms with van der Waals surface area (Å²) in [5, 5.41) is 14.6. The summed E-state index contributed by atoms with van der Waals surface area (Å²) in [6.45, 7) is 0.223. The third-order valence-corrected chi connectivity index (χ3v) is 6.73. The number of amides is 2. The van der Waals surface area contributed by atoms with Gasteiger partial charge in [0, 0.05) is 17.6 Å². The number of nitrogens with one attached hydrogen (secondary N) is 2. The first-order chi connectivity index (χ1) is 17.0. The van der Waals surface area contributed by atoms with Crippen LogP contribution in [0.3, 0.4) is 0 Å². The molecule has 5 rings (SSSR count). The smallest absolute Gasteiger partial charge is 0.411 e. The molecule has 1 fully saturated rings. The monoisotopic (exact) mass is 470 g/mol. The highest BCUT2D eigenvalue weighted by atomic mass is 16.5. The summed E-state index contributed by atoms with van der Waals surface area (Å²) >= 11 is 0. The molecule has 35 heavy (non-hydrogen) atoms. The van der Waals surface area contributed by atoms with Crippen LogP contribution in [0.4, 0.5) is 10.5 Å². The van der Waals surface area contributed by atoms with Gasteiger partial charge in [-0.05, 0) is 52.8 Å². The van der Waals surface area contributed by atoms with Gasteiger partial charge >= 0.3 is 12.1 Å². The molecule has 0 saturated heterocycles. The summed E-state index contributed by atoms with van der Waals surface area (Å²) in [4.78, 5) is 35.8. The van der Waals surface area contributed by atoms with Crippen LogP contribution in [0.1, 0.15) is 35.4 Å². The number of carbonyl (C=O) groups is 3. The van der Waals surface area contributed by atoms with Crippen LogP contribution >= 0.6 is 0 Å². The first-order valence-corrected chi connectivity index (χ1v) is 11.7. The minimum Gasteiger partial charge on any atom is -0.481 e. The summed E-state index contributed by atoms with van der Waals surface area (Å²) in [7, 11) is 0. The Morgan fingerprint density at radius 2 is 1.54 bits per heavy atom. The fourth-order valence-electron chi connectivity index (χ4n) is 4.91. The molecular formula is C28H26N2O5. The van der Waals surface area contributed by atoms with E-state index in [2.05, 4.69) is 34.9 Å². The Morgan fingerprint density at radius 1 is 0.886 bits per heavy atom. The van der Waals surface area contributed by atoms with Gasteiger partial charge in [-0.3, -0.25) is 14.9 Å². The normalized spacial score (nSPS) is 18.1. The molecule has 0 aliphatic heterocycles. The lowest BCUT2D eigenvalue weighted by Gasteiger charge is -2.32. The van der Waals surface area contributed by atoms with Crippen LogP contribution < -0.4 is 10.6 Å². The molecule has 0 bridgehead atoms. The van der Waals surface area contributed by atoms with Gasteiger partial charge in [-0.15, -0.1) is 0 Å². The van der Waals surface area contributed by atoms with Crippen molar-refractivity contribution in [2.75, 3.05) is 11.9 Å². The van der Waals surface area contributed by atoms with Gasteiger partial charge in [0.25, 0.3) is 0 Å². The minimum absolute atomic E-state index is 0.0181. The van der Waals surface area contributed by atoms with Crippen LogP contribution in [-0.4, -0.2) is 35.7 Å². The molecule has 0 atom stereocenters. The Balaban J connectivity index is 1.15. The highest BCUT2D eigenvalue weighted by molar-refractivity contribution is 5.86. The second kappa shape index (κ2) is 9.62. The minimum atomic E-state index is -0.817. The van der Waals surface area contributed by atoms with Crippen LogP contribution in [0.5, 0.6) is 0 Å². The van der Waals surface area contributed by atoms with Crippen LogP contribution in [0, 0.1) is 5.92 Å². The molecule has 0 aromatic heterocycles. The van der Waals surface area contributed by atoms with E-state index in [9.17, 15) is 14.4 Å². The molecule has 0 radical (unpaired) electrons. The maximum absolute atomic E-state index is 12.5. The van der Waals surface area contributed by atoms with E-state index < -0.39 is 12.1 Å². The number of hydrogen-bond acceptors (Lipinski definition) is 4. The average Bonchev–Trinajstić information content (AvgIpc) is 3.13. The summed E-state index contributed by atoms with van der Waals surface area (Å²) < 4.78 is 5.59. The van der Waals surface area contributed by atoms with Crippen molar-refractivity contribution in [1.29, 1.82) is 0 Å². The molecule has 0 spiro atoms. The number of rotatable bonds is 7. The van der Waals surface area contributed by atoms with Crippen LogP contribution in [0.15, 0.2) is 72.8 Å². The Bertz CT molecular complexity index is 1240. The maximum atomic E-state index is 12.5. The molecular weight excluding hydrogens is 444 g/mol. The number of carbonyl (C=O) groups excluding carboxylic acids is 2. The van der Waals surface area contributed by atoms with Crippen molar-refractivity contribution in [2.45, 2.75) is 31.2 Å². The van der Waals surface area contributed by atoms with E-state index >= 15 is 0 Å². The fraction of sp³-hybridized carbons (Fsp3) is 0.250. The molecule has 3 N–H and O–H groups in total. The van der Waals surface area contributed by atoms with E-state index in [0.29, 0.717) is 18.5 Å². The Hall–Kier alpha value is -4.13. The second-order valence-corrected chi connectivity index (χ2v) is 9.10. The van der Waals surface area contributed by atoms with Crippen molar-refractivity contribution < 1.29 is 24.2 Å². The zero-order valence-electron chi connectivity index (χ0n) is 19.1. The number of benzene rings is 3. The molecule has 2 amide bonds. The topological polar surface area (TPSA) is 105 Å². The van der Waals surface area contributed by atoms with E-state index in [1.807, 2.05) is 30.3 Å². The van der Waals surface area contributed by atoms with Gasteiger partial charge in [0.2, 0.25) is 5.91 Å². The van der Waals surface area contributed by atoms with Crippen molar-refractivity contribution >= 4 is 23.7 Å². The number of aliphatic carboxylic acids is 1. The lowest BCUT2D eigenvalue weighted by Crippen LogP contribution is -2.47. The van der Waals surface area contributed by atoms with Crippen molar-refractivity contribution in [3.8, 4) is 11.1 Å². The Kier molecular flexibility index (Phi) is 6.23. The molecule has 3 aromatic rings. The molecule has 7 nitrogen and oxygen atoms in total. The number of hydrogen-bond donors (Lipinski definition) is 3. The summed E-state index contributed by atoms with van der Waals surface area (Å²) in [6, 6.07) is 23.3. The van der Waals surface area contributed by atoms with Gasteiger partial charge in [-0.25, -0.2) is 4.79 Å². The fourth-order valence-corrected chi connectivity index (χ4v) is 4.91. The van der Waals surface area contributed by atoms with Gasteiger partial charge in [0.1, 0.15) is 6.61 Å². The predicted molar refractivity (Wildman–Crippen MR) is 131 cm³/mol. The average molecular weight is 471 g/mol. The molecule has 2 aliphatic rings. The van der Waals surface area contributed by atoms with Gasteiger partial charge in [0.15, 0.2) is 0 Å². The largest absolute Gasteiger partial charge is 0.481 e. The van der Waals surface area contributed by atoms with Crippen molar-refractivity contribution in [3.63, 3.8) is 0 Å². The van der Waals surface area contributed by atoms with Gasteiger partial charge in [-0.1, -0.05) is 60.7 Å². The van der Waals surface area contributed by atoms with E-state index in [0.717, 1.165) is 16.7 Å². The van der Waals surface area contributed by atoms with Crippen LogP contribution in [0.25, 0.3) is 11.1 Å². The molecule has 3 aromatic carbocycles. The molecule has 7 heteroatoms. The number of anilines is 1. The quantitative estimate of drug-likeness (QED) is 0.469. The van der Waals surface area contributed by atoms with Crippen LogP contribution in [-0.2, 0) is 20.7 Å². The lowest BCUT2D eigenvalue weighted by molar-refractivity contribution is -0.146. The zero-order valence-corrected chi connectivity index (χ0v) is 19.1. The van der Waals surface area contributed by atoms with Crippen molar-refractivity contribution in [1.82, 2.24) is 5.32 Å². The standard InChI is InChI=1S/C28H26N2O5/c31-26(29-20-14-18(15-20)27(32)33)13-17-6-5-7-19(12-17)30-28(34)35-16-25-23-10-3-1-8-21(23)22-9-2-4-11-24(22)25/h1-12,18,20,25H,13-16H2,(H,29,31)(H,30,34)(H,32,33). The van der Waals surface area contributed by atoms with E-state index in [-0.39, 0.29) is 36.8 Å². The summed E-state index contributed by atoms with van der Waals surface area (Å²) in [5.74, 6) is -1.37.